The van der Waals surface area contributed by atoms with Crippen LogP contribution in [0.3, 0.4) is 0 Å². The Kier molecular flexibility index (Phi) is 6.22. The largest absolute Gasteiger partial charge is 0.456 e. The standard InChI is InChI=1S/C47H26N4O2/c48-27-35-43(28-13-3-1-4-14-28)49-47(50-44(35)29-15-5-2-6-16-29)34-23-25-37(41-32-18-8-12-22-39(32)53-46(34)41)51-36-20-10-7-17-30(36)31-24-26-40-42(45(31)51)33-19-9-11-21-38(33)52-40/h1-26H. The van der Waals surface area contributed by atoms with Crippen molar-refractivity contribution in [1.82, 2.24) is 14.5 Å². The minimum atomic E-state index is 0.422. The number of furan rings is 2. The van der Waals surface area contributed by atoms with Gasteiger partial charge in [-0.3, -0.25) is 0 Å². The SMILES string of the molecule is N#Cc1c(-c2ccccc2)nc(-c2ccc(-n3c4ccccc4c4ccc5oc6ccccc6c5c43)c3c2oc2ccccc23)nc1-c1ccccc1. The van der Waals surface area contributed by atoms with Gasteiger partial charge in [-0.1, -0.05) is 115 Å². The number of rotatable bonds is 4. The summed E-state index contributed by atoms with van der Waals surface area (Å²) in [6.07, 6.45) is 0. The van der Waals surface area contributed by atoms with E-state index in [1.54, 1.807) is 0 Å². The highest BCUT2D eigenvalue weighted by Crippen LogP contribution is 2.45. The fourth-order valence-electron chi connectivity index (χ4n) is 7.99. The second-order valence-corrected chi connectivity index (χ2v) is 13.2. The van der Waals surface area contributed by atoms with Crippen LogP contribution in [-0.4, -0.2) is 14.5 Å². The molecular weight excluding hydrogens is 653 g/mol. The molecule has 11 aromatic rings. The molecule has 0 spiro atoms. The van der Waals surface area contributed by atoms with E-state index >= 15 is 0 Å². The van der Waals surface area contributed by atoms with Crippen molar-refractivity contribution in [2.45, 2.75) is 0 Å². The minimum Gasteiger partial charge on any atom is -0.456 e. The van der Waals surface area contributed by atoms with Crippen LogP contribution in [0.2, 0.25) is 0 Å². The van der Waals surface area contributed by atoms with Crippen molar-refractivity contribution in [2.75, 3.05) is 0 Å². The third-order valence-corrected chi connectivity index (χ3v) is 10.3. The lowest BCUT2D eigenvalue weighted by Crippen LogP contribution is -2.02. The number of hydrogen-bond acceptors (Lipinski definition) is 5. The number of hydrogen-bond donors (Lipinski definition) is 0. The Balaban J connectivity index is 1.27. The van der Waals surface area contributed by atoms with E-state index in [4.69, 9.17) is 18.8 Å². The zero-order valence-electron chi connectivity index (χ0n) is 28.1. The van der Waals surface area contributed by atoms with Gasteiger partial charge in [0, 0.05) is 32.7 Å². The second kappa shape index (κ2) is 11.3. The Hall–Kier alpha value is -7.49. The molecule has 0 saturated heterocycles. The fraction of sp³-hybridized carbons (Fsp3) is 0. The van der Waals surface area contributed by atoms with Gasteiger partial charge in [0.2, 0.25) is 0 Å². The Labute approximate surface area is 302 Å². The first-order valence-electron chi connectivity index (χ1n) is 17.5. The summed E-state index contributed by atoms with van der Waals surface area (Å²) in [4.78, 5) is 10.3. The molecule has 0 aliphatic carbocycles. The summed E-state index contributed by atoms with van der Waals surface area (Å²) in [6, 6.07) is 55.4. The predicted molar refractivity (Wildman–Crippen MR) is 212 cm³/mol. The number of nitrogens with zero attached hydrogens (tertiary/aromatic N) is 4. The Morgan fingerprint density at radius 1 is 0.491 bits per heavy atom. The molecule has 0 saturated carbocycles. The van der Waals surface area contributed by atoms with E-state index in [1.807, 2.05) is 91.0 Å². The molecule has 7 aromatic carbocycles. The average Bonchev–Trinajstić information content (AvgIpc) is 3.91. The van der Waals surface area contributed by atoms with Gasteiger partial charge in [-0.15, -0.1) is 0 Å². The smallest absolute Gasteiger partial charge is 0.164 e. The number of fused-ring (bicyclic) bond motifs is 10. The van der Waals surface area contributed by atoms with E-state index in [0.717, 1.165) is 82.5 Å². The Morgan fingerprint density at radius 3 is 1.75 bits per heavy atom. The normalized spacial score (nSPS) is 11.8. The van der Waals surface area contributed by atoms with Crippen LogP contribution in [0.15, 0.2) is 167 Å². The molecule has 0 radical (unpaired) electrons. The molecule has 0 aliphatic rings. The van der Waals surface area contributed by atoms with Gasteiger partial charge in [-0.2, -0.15) is 5.26 Å². The number of para-hydroxylation sites is 3. The van der Waals surface area contributed by atoms with Crippen LogP contribution in [0.1, 0.15) is 5.56 Å². The topological polar surface area (TPSA) is 80.8 Å². The quantitative estimate of drug-likeness (QED) is 0.185. The molecule has 11 rings (SSSR count). The van der Waals surface area contributed by atoms with E-state index in [-0.39, 0.29) is 0 Å². The first-order valence-corrected chi connectivity index (χ1v) is 17.5. The van der Waals surface area contributed by atoms with Crippen LogP contribution >= 0.6 is 0 Å². The van der Waals surface area contributed by atoms with Crippen molar-refractivity contribution in [1.29, 1.82) is 5.26 Å². The fourth-order valence-corrected chi connectivity index (χ4v) is 7.99. The number of aromatic nitrogens is 3. The van der Waals surface area contributed by atoms with Gasteiger partial charge in [0.1, 0.15) is 34.0 Å². The summed E-state index contributed by atoms with van der Waals surface area (Å²) in [5.74, 6) is 0.475. The molecule has 0 aliphatic heterocycles. The Morgan fingerprint density at radius 2 is 1.08 bits per heavy atom. The molecule has 0 amide bonds. The lowest BCUT2D eigenvalue weighted by molar-refractivity contribution is 0.669. The molecular formula is C47H26N4O2. The summed E-state index contributed by atoms with van der Waals surface area (Å²) in [7, 11) is 0. The maximum absolute atomic E-state index is 10.5. The predicted octanol–water partition coefficient (Wildman–Crippen LogP) is 12.2. The molecule has 4 heterocycles. The second-order valence-electron chi connectivity index (χ2n) is 13.2. The van der Waals surface area contributed by atoms with Gasteiger partial charge in [0.25, 0.3) is 0 Å². The van der Waals surface area contributed by atoms with Crippen LogP contribution in [0.4, 0.5) is 0 Å². The maximum Gasteiger partial charge on any atom is 0.164 e. The van der Waals surface area contributed by atoms with Crippen LogP contribution in [0, 0.1) is 11.3 Å². The zero-order chi connectivity index (χ0) is 35.0. The highest BCUT2D eigenvalue weighted by molar-refractivity contribution is 6.25. The van der Waals surface area contributed by atoms with Gasteiger partial charge in [-0.25, -0.2) is 9.97 Å². The maximum atomic E-state index is 10.5. The highest BCUT2D eigenvalue weighted by atomic mass is 16.3. The molecule has 6 nitrogen and oxygen atoms in total. The van der Waals surface area contributed by atoms with Crippen molar-refractivity contribution in [3.8, 4) is 45.7 Å². The highest BCUT2D eigenvalue weighted by Gasteiger charge is 2.25. The van der Waals surface area contributed by atoms with Crippen molar-refractivity contribution in [3.05, 3.63) is 163 Å². The number of benzene rings is 7. The summed E-state index contributed by atoms with van der Waals surface area (Å²) >= 11 is 0. The third-order valence-electron chi connectivity index (χ3n) is 10.3. The van der Waals surface area contributed by atoms with Gasteiger partial charge in [-0.05, 0) is 42.5 Å². The monoisotopic (exact) mass is 678 g/mol. The minimum absolute atomic E-state index is 0.422. The molecule has 0 bridgehead atoms. The molecule has 246 valence electrons. The first-order chi connectivity index (χ1) is 26.3. The van der Waals surface area contributed by atoms with Crippen LogP contribution < -0.4 is 0 Å². The zero-order valence-corrected chi connectivity index (χ0v) is 28.1. The van der Waals surface area contributed by atoms with Gasteiger partial charge in [0.05, 0.1) is 44.4 Å². The van der Waals surface area contributed by atoms with Crippen LogP contribution in [0.5, 0.6) is 0 Å². The van der Waals surface area contributed by atoms with E-state index in [0.29, 0.717) is 28.4 Å². The molecule has 6 heteroatoms. The first kappa shape index (κ1) is 29.3. The lowest BCUT2D eigenvalue weighted by atomic mass is 9.99. The van der Waals surface area contributed by atoms with E-state index in [9.17, 15) is 5.26 Å². The van der Waals surface area contributed by atoms with Crippen LogP contribution in [-0.2, 0) is 0 Å². The van der Waals surface area contributed by atoms with Gasteiger partial charge >= 0.3 is 0 Å². The lowest BCUT2D eigenvalue weighted by Gasteiger charge is -2.14. The Bertz CT molecular complexity index is 3230. The van der Waals surface area contributed by atoms with Crippen molar-refractivity contribution < 1.29 is 8.83 Å². The van der Waals surface area contributed by atoms with Gasteiger partial charge in [0.15, 0.2) is 5.82 Å². The van der Waals surface area contributed by atoms with E-state index in [2.05, 4.69) is 77.4 Å². The third kappa shape index (κ3) is 4.25. The van der Waals surface area contributed by atoms with E-state index < -0.39 is 0 Å². The summed E-state index contributed by atoms with van der Waals surface area (Å²) in [5, 5.41) is 16.9. The molecule has 0 unspecified atom stereocenters. The van der Waals surface area contributed by atoms with Crippen LogP contribution in [0.25, 0.3) is 105 Å². The molecule has 0 atom stereocenters. The summed E-state index contributed by atoms with van der Waals surface area (Å²) < 4.78 is 15.6. The number of nitriles is 1. The molecule has 4 aromatic heterocycles. The molecule has 53 heavy (non-hydrogen) atoms. The van der Waals surface area contributed by atoms with E-state index in [1.165, 1.54) is 0 Å². The molecule has 0 fully saturated rings. The van der Waals surface area contributed by atoms with Crippen molar-refractivity contribution >= 4 is 65.7 Å². The van der Waals surface area contributed by atoms with Gasteiger partial charge < -0.3 is 13.4 Å². The summed E-state index contributed by atoms with van der Waals surface area (Å²) in [5.41, 5.74) is 10.2. The van der Waals surface area contributed by atoms with Crippen molar-refractivity contribution in [3.63, 3.8) is 0 Å². The van der Waals surface area contributed by atoms with Crippen molar-refractivity contribution in [2.24, 2.45) is 0 Å². The molecule has 0 N–H and O–H groups in total. The summed E-state index contributed by atoms with van der Waals surface area (Å²) in [6.45, 7) is 0. The average molecular weight is 679 g/mol.